The molecule has 9 heavy (non-hydrogen) atoms. The molecule has 0 aromatic carbocycles. The van der Waals surface area contributed by atoms with Gasteiger partial charge >= 0.3 is 0 Å². The molecule has 1 heterocycles. The van der Waals surface area contributed by atoms with Gasteiger partial charge in [0.05, 0.1) is 12.7 Å². The topological polar surface area (TPSA) is 9.23 Å². The van der Waals surface area contributed by atoms with Crippen molar-refractivity contribution >= 4 is 0 Å². The summed E-state index contributed by atoms with van der Waals surface area (Å²) < 4.78 is 5.47. The maximum atomic E-state index is 5.47. The fourth-order valence-electron chi connectivity index (χ4n) is 1.45. The van der Waals surface area contributed by atoms with Crippen molar-refractivity contribution in [3.05, 3.63) is 0 Å². The molecule has 1 unspecified atom stereocenters. The van der Waals surface area contributed by atoms with Gasteiger partial charge in [0.15, 0.2) is 0 Å². The number of rotatable bonds is 1. The number of hydrogen-bond acceptors (Lipinski definition) is 1. The lowest BCUT2D eigenvalue weighted by Crippen LogP contribution is -2.12. The van der Waals surface area contributed by atoms with Crippen LogP contribution in [0.4, 0.5) is 0 Å². The van der Waals surface area contributed by atoms with E-state index in [1.54, 1.807) is 0 Å². The van der Waals surface area contributed by atoms with Crippen LogP contribution in [0.15, 0.2) is 0 Å². The van der Waals surface area contributed by atoms with Gasteiger partial charge in [-0.3, -0.25) is 0 Å². The van der Waals surface area contributed by atoms with Crippen LogP contribution in [0.5, 0.6) is 0 Å². The SMILES string of the molecule is CC[C@H]1COC(C)[C@@H]1C. The molecule has 0 aromatic heterocycles. The van der Waals surface area contributed by atoms with Crippen LogP contribution < -0.4 is 0 Å². The fourth-order valence-corrected chi connectivity index (χ4v) is 1.45. The zero-order valence-electron chi connectivity index (χ0n) is 6.55. The van der Waals surface area contributed by atoms with E-state index in [0.717, 1.165) is 18.4 Å². The van der Waals surface area contributed by atoms with Gasteiger partial charge in [-0.2, -0.15) is 0 Å². The minimum Gasteiger partial charge on any atom is -0.378 e. The summed E-state index contributed by atoms with van der Waals surface area (Å²) in [6.07, 6.45) is 1.76. The maximum absolute atomic E-state index is 5.47. The second-order valence-electron chi connectivity index (χ2n) is 3.07. The van der Waals surface area contributed by atoms with Crippen molar-refractivity contribution in [3.8, 4) is 0 Å². The van der Waals surface area contributed by atoms with Gasteiger partial charge in [0, 0.05) is 0 Å². The predicted molar refractivity (Wildman–Crippen MR) is 38.4 cm³/mol. The van der Waals surface area contributed by atoms with Crippen molar-refractivity contribution < 1.29 is 4.74 Å². The van der Waals surface area contributed by atoms with E-state index in [4.69, 9.17) is 4.74 Å². The van der Waals surface area contributed by atoms with Crippen LogP contribution in [0.25, 0.3) is 0 Å². The highest BCUT2D eigenvalue weighted by atomic mass is 16.5. The highest BCUT2D eigenvalue weighted by Gasteiger charge is 2.28. The average Bonchev–Trinajstić information content (AvgIpc) is 2.15. The van der Waals surface area contributed by atoms with Crippen molar-refractivity contribution in [2.75, 3.05) is 6.61 Å². The van der Waals surface area contributed by atoms with Crippen molar-refractivity contribution in [3.63, 3.8) is 0 Å². The van der Waals surface area contributed by atoms with Gasteiger partial charge in [-0.15, -0.1) is 0 Å². The summed E-state index contributed by atoms with van der Waals surface area (Å²) in [4.78, 5) is 0. The van der Waals surface area contributed by atoms with E-state index in [1.165, 1.54) is 6.42 Å². The van der Waals surface area contributed by atoms with Crippen LogP contribution >= 0.6 is 0 Å². The molecule has 1 fully saturated rings. The van der Waals surface area contributed by atoms with E-state index < -0.39 is 0 Å². The largest absolute Gasteiger partial charge is 0.378 e. The van der Waals surface area contributed by atoms with Crippen LogP contribution in [0.3, 0.4) is 0 Å². The molecule has 54 valence electrons. The molecule has 1 aliphatic rings. The van der Waals surface area contributed by atoms with Crippen LogP contribution in [0.2, 0.25) is 0 Å². The normalized spacial score (nSPS) is 43.7. The van der Waals surface area contributed by atoms with E-state index in [1.807, 2.05) is 0 Å². The second-order valence-corrected chi connectivity index (χ2v) is 3.07. The molecule has 0 N–H and O–H groups in total. The van der Waals surface area contributed by atoms with Gasteiger partial charge in [0.1, 0.15) is 0 Å². The van der Waals surface area contributed by atoms with Crippen LogP contribution in [-0.4, -0.2) is 12.7 Å². The molecule has 1 saturated heterocycles. The summed E-state index contributed by atoms with van der Waals surface area (Å²) in [5.74, 6) is 1.59. The van der Waals surface area contributed by atoms with Gasteiger partial charge in [0.25, 0.3) is 0 Å². The Balaban J connectivity index is 2.41. The summed E-state index contributed by atoms with van der Waals surface area (Å²) in [5.41, 5.74) is 0. The first-order valence-corrected chi connectivity index (χ1v) is 3.87. The Labute approximate surface area is 57.4 Å². The minimum atomic E-state index is 0.495. The highest BCUT2D eigenvalue weighted by Crippen LogP contribution is 2.28. The lowest BCUT2D eigenvalue weighted by Gasteiger charge is -2.12. The van der Waals surface area contributed by atoms with Gasteiger partial charge in [0.2, 0.25) is 0 Å². The van der Waals surface area contributed by atoms with Crippen LogP contribution in [-0.2, 0) is 4.74 Å². The number of hydrogen-bond donors (Lipinski definition) is 0. The Morgan fingerprint density at radius 2 is 2.11 bits per heavy atom. The molecule has 1 nitrogen and oxygen atoms in total. The zero-order valence-corrected chi connectivity index (χ0v) is 6.55. The van der Waals surface area contributed by atoms with E-state index in [2.05, 4.69) is 20.8 Å². The van der Waals surface area contributed by atoms with Crippen molar-refractivity contribution in [2.45, 2.75) is 33.3 Å². The monoisotopic (exact) mass is 128 g/mol. The summed E-state index contributed by atoms with van der Waals surface area (Å²) in [7, 11) is 0. The van der Waals surface area contributed by atoms with Gasteiger partial charge in [-0.1, -0.05) is 20.3 Å². The summed E-state index contributed by atoms with van der Waals surface area (Å²) in [5, 5.41) is 0. The average molecular weight is 128 g/mol. The third-order valence-electron chi connectivity index (χ3n) is 2.58. The smallest absolute Gasteiger partial charge is 0.0576 e. The first-order valence-electron chi connectivity index (χ1n) is 3.87. The highest BCUT2D eigenvalue weighted by molar-refractivity contribution is 4.76. The van der Waals surface area contributed by atoms with Crippen molar-refractivity contribution in [1.82, 2.24) is 0 Å². The molecule has 0 spiro atoms. The molecule has 0 amide bonds. The quantitative estimate of drug-likeness (QED) is 0.525. The fraction of sp³-hybridized carbons (Fsp3) is 1.00. The Kier molecular flexibility index (Phi) is 2.12. The molecule has 0 saturated carbocycles. The van der Waals surface area contributed by atoms with Crippen molar-refractivity contribution in [2.24, 2.45) is 11.8 Å². The molecule has 0 aromatic rings. The summed E-state index contributed by atoms with van der Waals surface area (Å²) >= 11 is 0. The molecular formula is C8H16O. The van der Waals surface area contributed by atoms with E-state index in [-0.39, 0.29) is 0 Å². The van der Waals surface area contributed by atoms with E-state index in [9.17, 15) is 0 Å². The Morgan fingerprint density at radius 3 is 2.33 bits per heavy atom. The first-order chi connectivity index (χ1) is 4.25. The molecule has 0 aliphatic carbocycles. The Morgan fingerprint density at radius 1 is 1.44 bits per heavy atom. The predicted octanol–water partition coefficient (Wildman–Crippen LogP) is 2.07. The van der Waals surface area contributed by atoms with Gasteiger partial charge in [-0.05, 0) is 18.8 Å². The van der Waals surface area contributed by atoms with Crippen molar-refractivity contribution in [1.29, 1.82) is 0 Å². The molecule has 1 rings (SSSR count). The summed E-state index contributed by atoms with van der Waals surface area (Å²) in [6.45, 7) is 7.67. The molecular weight excluding hydrogens is 112 g/mol. The first kappa shape index (κ1) is 7.07. The third kappa shape index (κ3) is 1.26. The lowest BCUT2D eigenvalue weighted by molar-refractivity contribution is 0.108. The second kappa shape index (κ2) is 2.70. The molecule has 0 radical (unpaired) electrons. The Hall–Kier alpha value is -0.0400. The molecule has 3 atom stereocenters. The zero-order chi connectivity index (χ0) is 6.85. The van der Waals surface area contributed by atoms with Gasteiger partial charge in [-0.25, -0.2) is 0 Å². The van der Waals surface area contributed by atoms with Crippen LogP contribution in [0.1, 0.15) is 27.2 Å². The van der Waals surface area contributed by atoms with Gasteiger partial charge < -0.3 is 4.74 Å². The minimum absolute atomic E-state index is 0.495. The molecule has 0 bridgehead atoms. The molecule has 1 aliphatic heterocycles. The number of ether oxygens (including phenoxy) is 1. The van der Waals surface area contributed by atoms with E-state index in [0.29, 0.717) is 6.10 Å². The maximum Gasteiger partial charge on any atom is 0.0576 e. The van der Waals surface area contributed by atoms with E-state index >= 15 is 0 Å². The third-order valence-corrected chi connectivity index (χ3v) is 2.58. The lowest BCUT2D eigenvalue weighted by atomic mass is 9.92. The van der Waals surface area contributed by atoms with Crippen LogP contribution in [0, 0.1) is 11.8 Å². The Bertz CT molecular complexity index is 90.6. The summed E-state index contributed by atoms with van der Waals surface area (Å²) in [6, 6.07) is 0. The molecule has 1 heteroatoms. The standard InChI is InChI=1S/C8H16O/c1-4-8-5-9-7(3)6(8)2/h6-8H,4-5H2,1-3H3/t6-,7?,8-/m0/s1.